The summed E-state index contributed by atoms with van der Waals surface area (Å²) >= 11 is 0. The molecule has 10 heteroatoms. The standard InChI is InChI=1S/C32H56O10/c1-2-30-9-11-31(12-10-30)27-39-15-7-5-3-4-6-8-16-42-32(28-40-25-23-37-21-19-35-17-13-33)29-41-26-24-38-22-20-36-18-14-34/h2,9-12,32-34H,1,3-8,13-29H2. The lowest BCUT2D eigenvalue weighted by molar-refractivity contribution is -0.0763. The Bertz CT molecular complexity index is 666. The Balaban J connectivity index is 2.08. The van der Waals surface area contributed by atoms with Gasteiger partial charge in [-0.05, 0) is 24.0 Å². The lowest BCUT2D eigenvalue weighted by Crippen LogP contribution is -2.28. The third-order valence-electron chi connectivity index (χ3n) is 6.09. The van der Waals surface area contributed by atoms with Crippen molar-refractivity contribution in [2.75, 3.05) is 106 Å². The Labute approximate surface area is 253 Å². The Kier molecular flexibility index (Phi) is 28.5. The topological polar surface area (TPSA) is 114 Å². The number of aliphatic hydroxyl groups excluding tert-OH is 2. The van der Waals surface area contributed by atoms with Crippen LogP contribution in [0.2, 0.25) is 0 Å². The molecule has 10 nitrogen and oxygen atoms in total. The molecule has 0 atom stereocenters. The molecule has 0 saturated heterocycles. The minimum atomic E-state index is -0.157. The Hall–Kier alpha value is -1.44. The molecule has 0 aliphatic rings. The minimum absolute atomic E-state index is 0.0145. The van der Waals surface area contributed by atoms with Crippen molar-refractivity contribution in [3.8, 4) is 0 Å². The van der Waals surface area contributed by atoms with E-state index in [4.69, 9.17) is 48.1 Å². The molecular weight excluding hydrogens is 544 g/mol. The molecule has 0 fully saturated rings. The molecule has 0 amide bonds. The van der Waals surface area contributed by atoms with E-state index in [1.807, 2.05) is 6.08 Å². The van der Waals surface area contributed by atoms with Gasteiger partial charge in [0, 0.05) is 13.2 Å². The van der Waals surface area contributed by atoms with Gasteiger partial charge >= 0.3 is 0 Å². The van der Waals surface area contributed by atoms with Crippen LogP contribution in [0.3, 0.4) is 0 Å². The van der Waals surface area contributed by atoms with E-state index in [0.717, 1.165) is 31.4 Å². The smallest absolute Gasteiger partial charge is 0.104 e. The molecule has 1 aromatic rings. The van der Waals surface area contributed by atoms with Gasteiger partial charge < -0.3 is 48.1 Å². The van der Waals surface area contributed by atoms with Crippen LogP contribution in [0.15, 0.2) is 30.8 Å². The van der Waals surface area contributed by atoms with E-state index in [0.29, 0.717) is 92.5 Å². The molecule has 2 N–H and O–H groups in total. The number of benzene rings is 1. The summed E-state index contributed by atoms with van der Waals surface area (Å²) in [5, 5.41) is 17.4. The maximum absolute atomic E-state index is 8.69. The van der Waals surface area contributed by atoms with Crippen LogP contribution in [0.5, 0.6) is 0 Å². The molecule has 0 radical (unpaired) electrons. The highest BCUT2D eigenvalue weighted by atomic mass is 16.6. The lowest BCUT2D eigenvalue weighted by Gasteiger charge is -2.18. The third-order valence-corrected chi connectivity index (χ3v) is 6.09. The van der Waals surface area contributed by atoms with Crippen molar-refractivity contribution in [2.24, 2.45) is 0 Å². The van der Waals surface area contributed by atoms with E-state index < -0.39 is 0 Å². The summed E-state index contributed by atoms with van der Waals surface area (Å²) < 4.78 is 44.6. The van der Waals surface area contributed by atoms with Gasteiger partial charge in [0.2, 0.25) is 0 Å². The van der Waals surface area contributed by atoms with E-state index in [2.05, 4.69) is 30.8 Å². The normalized spacial score (nSPS) is 11.5. The number of hydrogen-bond acceptors (Lipinski definition) is 10. The molecule has 0 aromatic heterocycles. The molecule has 0 spiro atoms. The van der Waals surface area contributed by atoms with E-state index in [9.17, 15) is 0 Å². The number of hydrogen-bond donors (Lipinski definition) is 2. The average Bonchev–Trinajstić information content (AvgIpc) is 3.01. The summed E-state index contributed by atoms with van der Waals surface area (Å²) in [6.45, 7) is 11.1. The number of rotatable bonds is 33. The molecule has 1 rings (SSSR count). The van der Waals surface area contributed by atoms with Gasteiger partial charge in [0.05, 0.1) is 99.1 Å². The summed E-state index contributed by atoms with van der Waals surface area (Å²) in [6.07, 6.45) is 8.45. The number of ether oxygens (including phenoxy) is 8. The molecular formula is C32H56O10. The van der Waals surface area contributed by atoms with Gasteiger partial charge in [-0.15, -0.1) is 0 Å². The van der Waals surface area contributed by atoms with Gasteiger partial charge in [0.15, 0.2) is 0 Å². The van der Waals surface area contributed by atoms with Crippen molar-refractivity contribution in [3.05, 3.63) is 42.0 Å². The molecule has 0 saturated carbocycles. The molecule has 0 unspecified atom stereocenters. The maximum Gasteiger partial charge on any atom is 0.104 e. The molecule has 0 aliphatic heterocycles. The second-order valence-electron chi connectivity index (χ2n) is 9.66. The Morgan fingerprint density at radius 3 is 1.48 bits per heavy atom. The first kappa shape index (κ1) is 38.6. The van der Waals surface area contributed by atoms with Crippen molar-refractivity contribution in [1.29, 1.82) is 0 Å². The summed E-state index contributed by atoms with van der Waals surface area (Å²) in [5.41, 5.74) is 2.32. The quantitative estimate of drug-likeness (QED) is 0.116. The van der Waals surface area contributed by atoms with Gasteiger partial charge in [0.1, 0.15) is 6.10 Å². The van der Waals surface area contributed by atoms with Crippen molar-refractivity contribution in [3.63, 3.8) is 0 Å². The van der Waals surface area contributed by atoms with Crippen LogP contribution in [0, 0.1) is 0 Å². The van der Waals surface area contributed by atoms with Crippen LogP contribution in [-0.4, -0.2) is 122 Å². The van der Waals surface area contributed by atoms with E-state index in [1.165, 1.54) is 24.8 Å². The fourth-order valence-electron chi connectivity index (χ4n) is 3.79. The Morgan fingerprint density at radius 2 is 0.976 bits per heavy atom. The highest BCUT2D eigenvalue weighted by molar-refractivity contribution is 5.47. The monoisotopic (exact) mass is 600 g/mol. The van der Waals surface area contributed by atoms with Gasteiger partial charge in [-0.2, -0.15) is 0 Å². The SMILES string of the molecule is C=Cc1ccc(COCCCCCCCCOC(COCCOCCOCCO)COCCOCCOCCO)cc1. The molecule has 0 aliphatic carbocycles. The van der Waals surface area contributed by atoms with E-state index in [-0.39, 0.29) is 19.3 Å². The Morgan fingerprint density at radius 1 is 0.524 bits per heavy atom. The zero-order valence-electron chi connectivity index (χ0n) is 25.6. The maximum atomic E-state index is 8.69. The van der Waals surface area contributed by atoms with Crippen molar-refractivity contribution < 1.29 is 48.1 Å². The zero-order valence-corrected chi connectivity index (χ0v) is 25.6. The summed E-state index contributed by atoms with van der Waals surface area (Å²) in [5.74, 6) is 0. The molecule has 244 valence electrons. The fraction of sp³-hybridized carbons (Fsp3) is 0.750. The molecule has 1 aromatic carbocycles. The van der Waals surface area contributed by atoms with Crippen molar-refractivity contribution >= 4 is 6.08 Å². The average molecular weight is 601 g/mol. The number of unbranched alkanes of at least 4 members (excludes halogenated alkanes) is 5. The largest absolute Gasteiger partial charge is 0.394 e. The third kappa shape index (κ3) is 25.1. The minimum Gasteiger partial charge on any atom is -0.394 e. The summed E-state index contributed by atoms with van der Waals surface area (Å²) in [4.78, 5) is 0. The van der Waals surface area contributed by atoms with Crippen molar-refractivity contribution in [2.45, 2.75) is 51.2 Å². The van der Waals surface area contributed by atoms with Crippen LogP contribution in [-0.2, 0) is 44.5 Å². The van der Waals surface area contributed by atoms with Crippen LogP contribution in [0.25, 0.3) is 6.08 Å². The van der Waals surface area contributed by atoms with E-state index in [1.54, 1.807) is 0 Å². The van der Waals surface area contributed by atoms with Gasteiger partial charge in [-0.25, -0.2) is 0 Å². The molecule has 0 heterocycles. The first-order chi connectivity index (χ1) is 20.8. The number of aliphatic hydroxyl groups is 2. The van der Waals surface area contributed by atoms with E-state index >= 15 is 0 Å². The summed E-state index contributed by atoms with van der Waals surface area (Å²) in [6, 6.07) is 8.30. The first-order valence-electron chi connectivity index (χ1n) is 15.4. The second-order valence-corrected chi connectivity index (χ2v) is 9.66. The molecule has 42 heavy (non-hydrogen) atoms. The summed E-state index contributed by atoms with van der Waals surface area (Å²) in [7, 11) is 0. The lowest BCUT2D eigenvalue weighted by atomic mass is 10.1. The predicted octanol–water partition coefficient (Wildman–Crippen LogP) is 3.66. The van der Waals surface area contributed by atoms with Gasteiger partial charge in [0.25, 0.3) is 0 Å². The first-order valence-corrected chi connectivity index (χ1v) is 15.4. The van der Waals surface area contributed by atoms with Crippen LogP contribution < -0.4 is 0 Å². The van der Waals surface area contributed by atoms with Gasteiger partial charge in [-0.3, -0.25) is 0 Å². The molecule has 0 bridgehead atoms. The predicted molar refractivity (Wildman–Crippen MR) is 163 cm³/mol. The van der Waals surface area contributed by atoms with Crippen LogP contribution >= 0.6 is 0 Å². The van der Waals surface area contributed by atoms with Crippen LogP contribution in [0.1, 0.15) is 49.7 Å². The second kappa shape index (κ2) is 31.0. The van der Waals surface area contributed by atoms with Crippen molar-refractivity contribution in [1.82, 2.24) is 0 Å². The zero-order chi connectivity index (χ0) is 30.2. The van der Waals surface area contributed by atoms with Gasteiger partial charge in [-0.1, -0.05) is 62.6 Å². The fourth-order valence-corrected chi connectivity index (χ4v) is 3.79. The van der Waals surface area contributed by atoms with Crippen LogP contribution in [0.4, 0.5) is 0 Å². The highest BCUT2D eigenvalue weighted by Gasteiger charge is 2.10. The highest BCUT2D eigenvalue weighted by Crippen LogP contribution is 2.09.